The van der Waals surface area contributed by atoms with E-state index in [1.807, 2.05) is 32.0 Å². The molecule has 0 saturated heterocycles. The smallest absolute Gasteiger partial charge is 0.224 e. The van der Waals surface area contributed by atoms with Gasteiger partial charge in [0.25, 0.3) is 0 Å². The molecule has 2 aromatic rings. The van der Waals surface area contributed by atoms with Crippen molar-refractivity contribution in [1.29, 1.82) is 0 Å². The number of amides is 1. The first-order valence-electron chi connectivity index (χ1n) is 6.77. The van der Waals surface area contributed by atoms with Gasteiger partial charge in [-0.3, -0.25) is 4.79 Å². The SMILES string of the molecule is Cc1ccc(NC(=O)CCc2ccc(Cl)c(Cl)c2)c(C)c1. The lowest BCUT2D eigenvalue weighted by molar-refractivity contribution is -0.116. The van der Waals surface area contributed by atoms with E-state index in [1.54, 1.807) is 12.1 Å². The topological polar surface area (TPSA) is 29.1 Å². The van der Waals surface area contributed by atoms with Gasteiger partial charge in [-0.25, -0.2) is 0 Å². The Bertz CT molecular complexity index is 668. The molecule has 2 nitrogen and oxygen atoms in total. The Hall–Kier alpha value is -1.51. The minimum absolute atomic E-state index is 0.00646. The van der Waals surface area contributed by atoms with Crippen molar-refractivity contribution < 1.29 is 4.79 Å². The first-order chi connectivity index (χ1) is 9.95. The Balaban J connectivity index is 1.94. The van der Waals surface area contributed by atoms with Gasteiger partial charge in [0.2, 0.25) is 5.91 Å². The molecule has 0 fully saturated rings. The van der Waals surface area contributed by atoms with Crippen molar-refractivity contribution in [3.05, 3.63) is 63.1 Å². The summed E-state index contributed by atoms with van der Waals surface area (Å²) in [5, 5.41) is 3.98. The Kier molecular flexibility index (Phi) is 5.27. The number of carbonyl (C=O) groups is 1. The second kappa shape index (κ2) is 6.97. The van der Waals surface area contributed by atoms with Crippen LogP contribution in [0.1, 0.15) is 23.1 Å². The third-order valence-electron chi connectivity index (χ3n) is 3.28. The van der Waals surface area contributed by atoms with Crippen LogP contribution in [0.15, 0.2) is 36.4 Å². The van der Waals surface area contributed by atoms with E-state index in [0.29, 0.717) is 22.9 Å². The van der Waals surface area contributed by atoms with Crippen LogP contribution in [0.2, 0.25) is 10.0 Å². The lowest BCUT2D eigenvalue weighted by Gasteiger charge is -2.09. The van der Waals surface area contributed by atoms with Gasteiger partial charge in [0.1, 0.15) is 0 Å². The number of nitrogens with one attached hydrogen (secondary N) is 1. The zero-order chi connectivity index (χ0) is 15.4. The molecule has 0 aliphatic rings. The van der Waals surface area contributed by atoms with Crippen molar-refractivity contribution in [2.45, 2.75) is 26.7 Å². The van der Waals surface area contributed by atoms with Crippen LogP contribution in [0, 0.1) is 13.8 Å². The quantitative estimate of drug-likeness (QED) is 0.825. The fourth-order valence-electron chi connectivity index (χ4n) is 2.12. The van der Waals surface area contributed by atoms with E-state index in [0.717, 1.165) is 16.8 Å². The summed E-state index contributed by atoms with van der Waals surface area (Å²) in [6.07, 6.45) is 1.04. The van der Waals surface area contributed by atoms with Crippen LogP contribution >= 0.6 is 23.2 Å². The van der Waals surface area contributed by atoms with Crippen molar-refractivity contribution in [3.63, 3.8) is 0 Å². The lowest BCUT2D eigenvalue weighted by Crippen LogP contribution is -2.13. The van der Waals surface area contributed by atoms with Gasteiger partial charge in [-0.05, 0) is 49.6 Å². The highest BCUT2D eigenvalue weighted by Crippen LogP contribution is 2.23. The number of hydrogen-bond acceptors (Lipinski definition) is 1. The third-order valence-corrected chi connectivity index (χ3v) is 4.02. The molecule has 0 spiro atoms. The molecule has 2 rings (SSSR count). The molecule has 0 bridgehead atoms. The van der Waals surface area contributed by atoms with Gasteiger partial charge in [0.05, 0.1) is 10.0 Å². The molecule has 21 heavy (non-hydrogen) atoms. The molecule has 0 aliphatic heterocycles. The second-order valence-electron chi connectivity index (χ2n) is 5.12. The third kappa shape index (κ3) is 4.48. The van der Waals surface area contributed by atoms with Gasteiger partial charge in [0, 0.05) is 12.1 Å². The first-order valence-corrected chi connectivity index (χ1v) is 7.52. The van der Waals surface area contributed by atoms with Crippen molar-refractivity contribution in [1.82, 2.24) is 0 Å². The predicted octanol–water partition coefficient (Wildman–Crippen LogP) is 5.18. The number of benzene rings is 2. The Labute approximate surface area is 135 Å². The van der Waals surface area contributed by atoms with Crippen molar-refractivity contribution in [3.8, 4) is 0 Å². The second-order valence-corrected chi connectivity index (χ2v) is 5.93. The molecule has 0 heterocycles. The lowest BCUT2D eigenvalue weighted by atomic mass is 10.1. The summed E-state index contributed by atoms with van der Waals surface area (Å²) in [7, 11) is 0. The molecule has 110 valence electrons. The number of hydrogen-bond donors (Lipinski definition) is 1. The zero-order valence-corrected chi connectivity index (χ0v) is 13.6. The molecular formula is C17H17Cl2NO. The van der Waals surface area contributed by atoms with Crippen LogP contribution in [0.3, 0.4) is 0 Å². The van der Waals surface area contributed by atoms with Crippen LogP contribution in [0.5, 0.6) is 0 Å². The average Bonchev–Trinajstić information content (AvgIpc) is 2.43. The number of carbonyl (C=O) groups excluding carboxylic acids is 1. The summed E-state index contributed by atoms with van der Waals surface area (Å²) in [6, 6.07) is 11.4. The highest BCUT2D eigenvalue weighted by atomic mass is 35.5. The van der Waals surface area contributed by atoms with Crippen molar-refractivity contribution in [2.75, 3.05) is 5.32 Å². The van der Waals surface area contributed by atoms with E-state index >= 15 is 0 Å². The van der Waals surface area contributed by atoms with Gasteiger partial charge in [-0.2, -0.15) is 0 Å². The average molecular weight is 322 g/mol. The Morgan fingerprint density at radius 2 is 1.81 bits per heavy atom. The number of aryl methyl sites for hydroxylation is 3. The van der Waals surface area contributed by atoms with Crippen LogP contribution in [-0.2, 0) is 11.2 Å². The maximum absolute atomic E-state index is 12.0. The van der Waals surface area contributed by atoms with E-state index in [4.69, 9.17) is 23.2 Å². The summed E-state index contributed by atoms with van der Waals surface area (Å²) < 4.78 is 0. The Morgan fingerprint density at radius 3 is 2.48 bits per heavy atom. The highest BCUT2D eigenvalue weighted by Gasteiger charge is 2.06. The van der Waals surface area contributed by atoms with Crippen LogP contribution in [0.4, 0.5) is 5.69 Å². The van der Waals surface area contributed by atoms with Crippen LogP contribution in [0.25, 0.3) is 0 Å². The summed E-state index contributed by atoms with van der Waals surface area (Å²) in [5.41, 5.74) is 4.11. The van der Waals surface area contributed by atoms with E-state index < -0.39 is 0 Å². The largest absolute Gasteiger partial charge is 0.326 e. The molecule has 1 N–H and O–H groups in total. The standard InChI is InChI=1S/C17H17Cl2NO/c1-11-3-7-16(12(2)9-11)20-17(21)8-5-13-4-6-14(18)15(19)10-13/h3-4,6-7,9-10H,5,8H2,1-2H3,(H,20,21). The Morgan fingerprint density at radius 1 is 1.05 bits per heavy atom. The molecule has 0 aromatic heterocycles. The minimum Gasteiger partial charge on any atom is -0.326 e. The van der Waals surface area contributed by atoms with E-state index in [9.17, 15) is 4.79 Å². The van der Waals surface area contributed by atoms with Crippen molar-refractivity contribution in [2.24, 2.45) is 0 Å². The van der Waals surface area contributed by atoms with Crippen LogP contribution in [-0.4, -0.2) is 5.91 Å². The van der Waals surface area contributed by atoms with E-state index in [2.05, 4.69) is 11.4 Å². The molecule has 0 unspecified atom stereocenters. The number of anilines is 1. The van der Waals surface area contributed by atoms with Gasteiger partial charge in [0.15, 0.2) is 0 Å². The maximum atomic E-state index is 12.0. The zero-order valence-electron chi connectivity index (χ0n) is 12.0. The fourth-order valence-corrected chi connectivity index (χ4v) is 2.44. The monoisotopic (exact) mass is 321 g/mol. The van der Waals surface area contributed by atoms with Gasteiger partial charge >= 0.3 is 0 Å². The fraction of sp³-hybridized carbons (Fsp3) is 0.235. The molecule has 1 amide bonds. The summed E-state index contributed by atoms with van der Waals surface area (Å²) in [6.45, 7) is 4.02. The number of rotatable bonds is 4. The molecular weight excluding hydrogens is 305 g/mol. The van der Waals surface area contributed by atoms with Gasteiger partial charge < -0.3 is 5.32 Å². The summed E-state index contributed by atoms with van der Waals surface area (Å²) >= 11 is 11.8. The molecule has 0 atom stereocenters. The van der Waals surface area contributed by atoms with Gasteiger partial charge in [-0.15, -0.1) is 0 Å². The summed E-state index contributed by atoms with van der Waals surface area (Å²) in [5.74, 6) is -0.00646. The highest BCUT2D eigenvalue weighted by molar-refractivity contribution is 6.42. The molecule has 2 aromatic carbocycles. The molecule has 4 heteroatoms. The predicted molar refractivity (Wildman–Crippen MR) is 89.3 cm³/mol. The minimum atomic E-state index is -0.00646. The van der Waals surface area contributed by atoms with Crippen LogP contribution < -0.4 is 5.32 Å². The normalized spacial score (nSPS) is 10.5. The van der Waals surface area contributed by atoms with Crippen molar-refractivity contribution >= 4 is 34.8 Å². The number of halogens is 2. The molecule has 0 radical (unpaired) electrons. The van der Waals surface area contributed by atoms with Gasteiger partial charge in [-0.1, -0.05) is 47.0 Å². The van der Waals surface area contributed by atoms with E-state index in [-0.39, 0.29) is 5.91 Å². The molecule has 0 aliphatic carbocycles. The summed E-state index contributed by atoms with van der Waals surface area (Å²) in [4.78, 5) is 12.0. The molecule has 0 saturated carbocycles. The maximum Gasteiger partial charge on any atom is 0.224 e. The van der Waals surface area contributed by atoms with E-state index in [1.165, 1.54) is 5.56 Å². The first kappa shape index (κ1) is 15.9.